The molecule has 16 heavy (non-hydrogen) atoms. The minimum Gasteiger partial charge on any atom is -0.379 e. The molecule has 1 saturated heterocycles. The minimum atomic E-state index is 0.357. The van der Waals surface area contributed by atoms with Gasteiger partial charge in [-0.1, -0.05) is 0 Å². The Labute approximate surface area is 96.4 Å². The van der Waals surface area contributed by atoms with Gasteiger partial charge in [0.15, 0.2) is 0 Å². The van der Waals surface area contributed by atoms with Gasteiger partial charge in [0.25, 0.3) is 0 Å². The molecule has 1 atom stereocenters. The van der Waals surface area contributed by atoms with Crippen molar-refractivity contribution in [2.45, 2.75) is 6.04 Å². The zero-order valence-corrected chi connectivity index (χ0v) is 10.0. The highest BCUT2D eigenvalue weighted by Crippen LogP contribution is 2.19. The molecule has 1 aromatic rings. The van der Waals surface area contributed by atoms with E-state index in [1.165, 1.54) is 0 Å². The molecule has 0 bridgehead atoms. The van der Waals surface area contributed by atoms with Crippen molar-refractivity contribution in [3.63, 3.8) is 0 Å². The van der Waals surface area contributed by atoms with Crippen molar-refractivity contribution >= 4 is 0 Å². The Kier molecular flexibility index (Phi) is 3.93. The van der Waals surface area contributed by atoms with Crippen LogP contribution >= 0.6 is 0 Å². The van der Waals surface area contributed by atoms with Crippen LogP contribution in [0.5, 0.6) is 0 Å². The molecule has 5 nitrogen and oxygen atoms in total. The van der Waals surface area contributed by atoms with Gasteiger partial charge in [0.2, 0.25) is 0 Å². The maximum atomic E-state index is 5.38. The highest BCUT2D eigenvalue weighted by atomic mass is 16.5. The SMILES string of the molecule is CNCC(c1cn(C)cn1)N1CCOCC1. The van der Waals surface area contributed by atoms with Crippen LogP contribution in [-0.2, 0) is 11.8 Å². The van der Waals surface area contributed by atoms with Crippen molar-refractivity contribution in [2.24, 2.45) is 7.05 Å². The molecular weight excluding hydrogens is 204 g/mol. The number of aromatic nitrogens is 2. The van der Waals surface area contributed by atoms with Crippen molar-refractivity contribution in [1.82, 2.24) is 19.8 Å². The van der Waals surface area contributed by atoms with Crippen LogP contribution in [0.25, 0.3) is 0 Å². The average molecular weight is 224 g/mol. The first-order valence-corrected chi connectivity index (χ1v) is 5.75. The monoisotopic (exact) mass is 224 g/mol. The fourth-order valence-corrected chi connectivity index (χ4v) is 2.11. The van der Waals surface area contributed by atoms with Gasteiger partial charge >= 0.3 is 0 Å². The van der Waals surface area contributed by atoms with E-state index in [4.69, 9.17) is 4.74 Å². The van der Waals surface area contributed by atoms with Crippen LogP contribution in [-0.4, -0.2) is 54.3 Å². The van der Waals surface area contributed by atoms with Gasteiger partial charge in [-0.15, -0.1) is 0 Å². The molecule has 1 aliphatic rings. The second-order valence-electron chi connectivity index (χ2n) is 4.19. The topological polar surface area (TPSA) is 42.3 Å². The third kappa shape index (κ3) is 2.61. The van der Waals surface area contributed by atoms with Crippen molar-refractivity contribution in [3.8, 4) is 0 Å². The summed E-state index contributed by atoms with van der Waals surface area (Å²) in [7, 11) is 3.99. The van der Waals surface area contributed by atoms with Gasteiger partial charge in [-0.2, -0.15) is 0 Å². The summed E-state index contributed by atoms with van der Waals surface area (Å²) >= 11 is 0. The van der Waals surface area contributed by atoms with E-state index in [2.05, 4.69) is 21.4 Å². The Bertz CT molecular complexity index is 320. The van der Waals surface area contributed by atoms with Gasteiger partial charge in [-0.25, -0.2) is 4.98 Å². The van der Waals surface area contributed by atoms with Crippen molar-refractivity contribution < 1.29 is 4.74 Å². The van der Waals surface area contributed by atoms with Crippen LogP contribution in [0.3, 0.4) is 0 Å². The Hall–Kier alpha value is -0.910. The number of nitrogens with zero attached hydrogens (tertiary/aromatic N) is 3. The first-order valence-electron chi connectivity index (χ1n) is 5.75. The van der Waals surface area contributed by atoms with E-state index in [-0.39, 0.29) is 0 Å². The molecule has 0 amide bonds. The molecule has 1 fully saturated rings. The highest BCUT2D eigenvalue weighted by Gasteiger charge is 2.23. The van der Waals surface area contributed by atoms with Crippen molar-refractivity contribution in [2.75, 3.05) is 39.9 Å². The summed E-state index contributed by atoms with van der Waals surface area (Å²) in [5.74, 6) is 0. The van der Waals surface area contributed by atoms with E-state index < -0.39 is 0 Å². The highest BCUT2D eigenvalue weighted by molar-refractivity contribution is 5.05. The molecule has 5 heteroatoms. The second kappa shape index (κ2) is 5.43. The number of likely N-dealkylation sites (N-methyl/N-ethyl adjacent to an activating group) is 1. The largest absolute Gasteiger partial charge is 0.379 e. The number of hydrogen-bond donors (Lipinski definition) is 1. The van der Waals surface area contributed by atoms with E-state index in [1.807, 2.05) is 25.0 Å². The molecular formula is C11H20N4O. The van der Waals surface area contributed by atoms with Gasteiger partial charge in [0.1, 0.15) is 0 Å². The summed E-state index contributed by atoms with van der Waals surface area (Å²) in [6.45, 7) is 4.56. The number of morpholine rings is 1. The van der Waals surface area contributed by atoms with E-state index in [9.17, 15) is 0 Å². The first kappa shape index (κ1) is 11.6. The second-order valence-corrected chi connectivity index (χ2v) is 4.19. The van der Waals surface area contributed by atoms with E-state index in [0.29, 0.717) is 6.04 Å². The molecule has 2 rings (SSSR count). The fourth-order valence-electron chi connectivity index (χ4n) is 2.11. The lowest BCUT2D eigenvalue weighted by molar-refractivity contribution is 0.0157. The van der Waals surface area contributed by atoms with Crippen LogP contribution < -0.4 is 5.32 Å². The molecule has 0 spiro atoms. The predicted molar refractivity (Wildman–Crippen MR) is 62.3 cm³/mol. The molecule has 0 radical (unpaired) electrons. The maximum absolute atomic E-state index is 5.38. The summed E-state index contributed by atoms with van der Waals surface area (Å²) < 4.78 is 7.38. The number of nitrogens with one attached hydrogen (secondary N) is 1. The van der Waals surface area contributed by atoms with E-state index in [1.54, 1.807) is 0 Å². The molecule has 1 unspecified atom stereocenters. The zero-order valence-electron chi connectivity index (χ0n) is 10.0. The summed E-state index contributed by atoms with van der Waals surface area (Å²) in [5.41, 5.74) is 1.14. The zero-order chi connectivity index (χ0) is 11.4. The lowest BCUT2D eigenvalue weighted by atomic mass is 10.1. The quantitative estimate of drug-likeness (QED) is 0.782. The fraction of sp³-hybridized carbons (Fsp3) is 0.727. The molecule has 0 aliphatic carbocycles. The smallest absolute Gasteiger partial charge is 0.0947 e. The normalized spacial score (nSPS) is 19.9. The van der Waals surface area contributed by atoms with Crippen LogP contribution in [0.15, 0.2) is 12.5 Å². The molecule has 2 heterocycles. The Balaban J connectivity index is 2.09. The van der Waals surface area contributed by atoms with Crippen LogP contribution in [0, 0.1) is 0 Å². The number of rotatable bonds is 4. The summed E-state index contributed by atoms with van der Waals surface area (Å²) in [5, 5.41) is 3.24. The number of imidazole rings is 1. The standard InChI is InChI=1S/C11H20N4O/c1-12-7-11(10-8-14(2)9-13-10)15-3-5-16-6-4-15/h8-9,11-12H,3-7H2,1-2H3. The van der Waals surface area contributed by atoms with E-state index >= 15 is 0 Å². The minimum absolute atomic E-state index is 0.357. The molecule has 1 aromatic heterocycles. The lowest BCUT2D eigenvalue weighted by Gasteiger charge is -2.33. The Morgan fingerprint density at radius 1 is 1.50 bits per heavy atom. The third-order valence-electron chi connectivity index (χ3n) is 2.95. The molecule has 0 saturated carbocycles. The van der Waals surface area contributed by atoms with Gasteiger partial charge in [0.05, 0.1) is 31.3 Å². The summed E-state index contributed by atoms with van der Waals surface area (Å²) in [6.07, 6.45) is 3.95. The molecule has 1 aliphatic heterocycles. The average Bonchev–Trinajstić information content (AvgIpc) is 2.74. The molecule has 0 aromatic carbocycles. The van der Waals surface area contributed by atoms with Crippen molar-refractivity contribution in [3.05, 3.63) is 18.2 Å². The number of hydrogen-bond acceptors (Lipinski definition) is 4. The molecule has 1 N–H and O–H groups in total. The maximum Gasteiger partial charge on any atom is 0.0947 e. The predicted octanol–water partition coefficient (Wildman–Crippen LogP) is 0.0128. The van der Waals surface area contributed by atoms with Crippen LogP contribution in [0.4, 0.5) is 0 Å². The summed E-state index contributed by atoms with van der Waals surface area (Å²) in [4.78, 5) is 6.88. The lowest BCUT2D eigenvalue weighted by Crippen LogP contribution is -2.42. The van der Waals surface area contributed by atoms with Crippen LogP contribution in [0.2, 0.25) is 0 Å². The Morgan fingerprint density at radius 2 is 2.25 bits per heavy atom. The number of aryl methyl sites for hydroxylation is 1. The van der Waals surface area contributed by atoms with E-state index in [0.717, 1.165) is 38.5 Å². The number of ether oxygens (including phenoxy) is 1. The Morgan fingerprint density at radius 3 is 2.81 bits per heavy atom. The third-order valence-corrected chi connectivity index (χ3v) is 2.95. The molecule has 90 valence electrons. The van der Waals surface area contributed by atoms with Gasteiger partial charge in [-0.05, 0) is 7.05 Å². The first-order chi connectivity index (χ1) is 7.81. The van der Waals surface area contributed by atoms with Gasteiger partial charge in [0, 0.05) is 32.9 Å². The van der Waals surface area contributed by atoms with Gasteiger partial charge in [-0.3, -0.25) is 4.90 Å². The van der Waals surface area contributed by atoms with Crippen molar-refractivity contribution in [1.29, 1.82) is 0 Å². The van der Waals surface area contributed by atoms with Crippen LogP contribution in [0.1, 0.15) is 11.7 Å². The van der Waals surface area contributed by atoms with Gasteiger partial charge < -0.3 is 14.6 Å². The summed E-state index contributed by atoms with van der Waals surface area (Å²) in [6, 6.07) is 0.357.